The number of unbranched alkanes of at least 4 members (excludes halogenated alkanes) is 1. The third-order valence-electron chi connectivity index (χ3n) is 3.77. The summed E-state index contributed by atoms with van der Waals surface area (Å²) < 4.78 is 6.41. The number of benzene rings is 1. The summed E-state index contributed by atoms with van der Waals surface area (Å²) in [6.45, 7) is 6.88. The Morgan fingerprint density at radius 1 is 1.25 bits per heavy atom. The van der Waals surface area contributed by atoms with Crippen LogP contribution in [-0.4, -0.2) is 8.32 Å². The van der Waals surface area contributed by atoms with Gasteiger partial charge in [0.15, 0.2) is 0 Å². The molecule has 16 heavy (non-hydrogen) atoms. The molecular weight excluding hydrogens is 212 g/mol. The second-order valence-electron chi connectivity index (χ2n) is 4.92. The second-order valence-corrected chi connectivity index (χ2v) is 8.86. The van der Waals surface area contributed by atoms with Crippen LogP contribution in [0.4, 0.5) is 0 Å². The summed E-state index contributed by atoms with van der Waals surface area (Å²) in [5.41, 5.74) is 1.48. The Kier molecular flexibility index (Phi) is 3.50. The fourth-order valence-electron chi connectivity index (χ4n) is 2.58. The van der Waals surface area contributed by atoms with Crippen molar-refractivity contribution < 1.29 is 4.43 Å². The van der Waals surface area contributed by atoms with Crippen LogP contribution >= 0.6 is 0 Å². The maximum absolute atomic E-state index is 6.41. The first kappa shape index (κ1) is 11.9. The van der Waals surface area contributed by atoms with E-state index in [1.165, 1.54) is 30.9 Å². The van der Waals surface area contributed by atoms with E-state index in [0.29, 0.717) is 6.10 Å². The van der Waals surface area contributed by atoms with Crippen LogP contribution in [0.1, 0.15) is 44.8 Å². The van der Waals surface area contributed by atoms with Crippen molar-refractivity contribution in [3.8, 4) is 0 Å². The topological polar surface area (TPSA) is 9.23 Å². The number of hydrogen-bond acceptors (Lipinski definition) is 1. The fourth-order valence-corrected chi connectivity index (χ4v) is 5.43. The zero-order valence-electron chi connectivity index (χ0n) is 10.6. The van der Waals surface area contributed by atoms with Gasteiger partial charge in [0.25, 0.3) is 0 Å². The molecule has 1 aromatic rings. The van der Waals surface area contributed by atoms with E-state index < -0.39 is 8.32 Å². The maximum Gasteiger partial charge on any atom is 0.222 e. The Morgan fingerprint density at radius 2 is 2.00 bits per heavy atom. The number of hydrogen-bond donors (Lipinski definition) is 0. The van der Waals surface area contributed by atoms with Crippen LogP contribution in [0.2, 0.25) is 12.6 Å². The standard InChI is InChI=1S/C14H22OSi/c1-4-6-10-13-12-9-7-8-11-14(12)16(3,5-2)15-13/h7-9,11,13H,4-6,10H2,1-3H3. The molecule has 0 bridgehead atoms. The Morgan fingerprint density at radius 3 is 2.69 bits per heavy atom. The first-order chi connectivity index (χ1) is 7.71. The molecule has 0 saturated carbocycles. The maximum atomic E-state index is 6.41. The van der Waals surface area contributed by atoms with Crippen LogP contribution in [-0.2, 0) is 4.43 Å². The van der Waals surface area contributed by atoms with Gasteiger partial charge in [-0.05, 0) is 29.8 Å². The molecule has 1 aliphatic heterocycles. The molecule has 0 spiro atoms. The minimum absolute atomic E-state index is 0.382. The van der Waals surface area contributed by atoms with Gasteiger partial charge >= 0.3 is 0 Å². The van der Waals surface area contributed by atoms with E-state index in [0.717, 1.165) is 0 Å². The lowest BCUT2D eigenvalue weighted by molar-refractivity contribution is 0.198. The summed E-state index contributed by atoms with van der Waals surface area (Å²) in [7, 11) is -1.59. The highest BCUT2D eigenvalue weighted by molar-refractivity contribution is 6.86. The molecular formula is C14H22OSi. The van der Waals surface area contributed by atoms with Gasteiger partial charge in [-0.15, -0.1) is 0 Å². The van der Waals surface area contributed by atoms with Gasteiger partial charge in [-0.2, -0.15) is 0 Å². The normalized spacial score (nSPS) is 28.1. The van der Waals surface area contributed by atoms with E-state index in [1.54, 1.807) is 5.19 Å². The molecule has 1 heterocycles. The van der Waals surface area contributed by atoms with E-state index in [1.807, 2.05) is 0 Å². The molecule has 0 aromatic heterocycles. The van der Waals surface area contributed by atoms with E-state index in [9.17, 15) is 0 Å². The lowest BCUT2D eigenvalue weighted by Crippen LogP contribution is -2.42. The molecule has 0 aliphatic carbocycles. The lowest BCUT2D eigenvalue weighted by atomic mass is 10.0. The molecule has 1 aliphatic rings. The Bertz CT molecular complexity index is 364. The predicted molar refractivity (Wildman–Crippen MR) is 71.5 cm³/mol. The summed E-state index contributed by atoms with van der Waals surface area (Å²) in [5, 5.41) is 1.54. The summed E-state index contributed by atoms with van der Waals surface area (Å²) in [4.78, 5) is 0. The van der Waals surface area contributed by atoms with E-state index in [-0.39, 0.29) is 0 Å². The van der Waals surface area contributed by atoms with Crippen molar-refractivity contribution in [2.24, 2.45) is 0 Å². The second kappa shape index (κ2) is 4.72. The van der Waals surface area contributed by atoms with Crippen molar-refractivity contribution >= 4 is 13.5 Å². The van der Waals surface area contributed by atoms with E-state index in [4.69, 9.17) is 4.43 Å². The van der Waals surface area contributed by atoms with Gasteiger partial charge < -0.3 is 4.43 Å². The average molecular weight is 234 g/mol. The van der Waals surface area contributed by atoms with Crippen LogP contribution in [0.25, 0.3) is 0 Å². The SMILES string of the molecule is CCCCC1O[Si](C)(CC)c2ccccc21. The lowest BCUT2D eigenvalue weighted by Gasteiger charge is -2.21. The summed E-state index contributed by atoms with van der Waals surface area (Å²) in [6.07, 6.45) is 4.10. The molecule has 1 aromatic carbocycles. The third-order valence-corrected chi connectivity index (χ3v) is 7.52. The van der Waals surface area contributed by atoms with Gasteiger partial charge in [0.1, 0.15) is 0 Å². The summed E-state index contributed by atoms with van der Waals surface area (Å²) in [5.74, 6) is 0. The Balaban J connectivity index is 2.28. The smallest absolute Gasteiger partial charge is 0.222 e. The Hall–Kier alpha value is -0.603. The molecule has 0 amide bonds. The average Bonchev–Trinajstić information content (AvgIpc) is 2.62. The summed E-state index contributed by atoms with van der Waals surface area (Å²) >= 11 is 0. The van der Waals surface area contributed by atoms with Crippen molar-refractivity contribution in [1.29, 1.82) is 0 Å². The number of rotatable bonds is 4. The zero-order valence-corrected chi connectivity index (χ0v) is 11.6. The van der Waals surface area contributed by atoms with Gasteiger partial charge in [-0.3, -0.25) is 0 Å². The molecule has 2 atom stereocenters. The van der Waals surface area contributed by atoms with Crippen LogP contribution in [0.3, 0.4) is 0 Å². The summed E-state index contributed by atoms with van der Waals surface area (Å²) in [6, 6.07) is 10.1. The largest absolute Gasteiger partial charge is 0.406 e. The van der Waals surface area contributed by atoms with Crippen LogP contribution in [0.5, 0.6) is 0 Å². The Labute approximate surface area is 100.0 Å². The molecule has 2 heteroatoms. The van der Waals surface area contributed by atoms with Gasteiger partial charge in [-0.25, -0.2) is 0 Å². The van der Waals surface area contributed by atoms with Gasteiger partial charge in [0.05, 0.1) is 6.10 Å². The molecule has 2 rings (SSSR count). The molecule has 0 radical (unpaired) electrons. The minimum Gasteiger partial charge on any atom is -0.406 e. The van der Waals surface area contributed by atoms with Crippen molar-refractivity contribution in [2.75, 3.05) is 0 Å². The zero-order chi connectivity index (χ0) is 11.6. The van der Waals surface area contributed by atoms with Crippen molar-refractivity contribution in [2.45, 2.75) is 51.8 Å². The number of fused-ring (bicyclic) bond motifs is 1. The van der Waals surface area contributed by atoms with Gasteiger partial charge in [-0.1, -0.05) is 51.0 Å². The van der Waals surface area contributed by atoms with Crippen molar-refractivity contribution in [3.05, 3.63) is 29.8 Å². The first-order valence-corrected chi connectivity index (χ1v) is 9.10. The van der Waals surface area contributed by atoms with Crippen molar-refractivity contribution in [3.63, 3.8) is 0 Å². The van der Waals surface area contributed by atoms with Gasteiger partial charge in [0, 0.05) is 0 Å². The molecule has 0 fully saturated rings. The van der Waals surface area contributed by atoms with E-state index in [2.05, 4.69) is 44.7 Å². The third kappa shape index (κ3) is 1.96. The van der Waals surface area contributed by atoms with E-state index >= 15 is 0 Å². The highest BCUT2D eigenvalue weighted by atomic mass is 28.4. The van der Waals surface area contributed by atoms with Gasteiger partial charge in [0.2, 0.25) is 8.32 Å². The predicted octanol–water partition coefficient (Wildman–Crippen LogP) is 3.75. The molecule has 2 unspecified atom stereocenters. The molecule has 0 N–H and O–H groups in total. The minimum atomic E-state index is -1.59. The highest BCUT2D eigenvalue weighted by Gasteiger charge is 2.41. The monoisotopic (exact) mass is 234 g/mol. The molecule has 88 valence electrons. The van der Waals surface area contributed by atoms with Crippen molar-refractivity contribution in [1.82, 2.24) is 0 Å². The van der Waals surface area contributed by atoms with Crippen LogP contribution < -0.4 is 5.19 Å². The van der Waals surface area contributed by atoms with Crippen LogP contribution in [0, 0.1) is 0 Å². The molecule has 0 saturated heterocycles. The van der Waals surface area contributed by atoms with Crippen LogP contribution in [0.15, 0.2) is 24.3 Å². The quantitative estimate of drug-likeness (QED) is 0.721. The fraction of sp³-hybridized carbons (Fsp3) is 0.571. The molecule has 1 nitrogen and oxygen atoms in total. The first-order valence-electron chi connectivity index (χ1n) is 6.48. The highest BCUT2D eigenvalue weighted by Crippen LogP contribution is 2.35.